The van der Waals surface area contributed by atoms with Crippen molar-refractivity contribution in [2.24, 2.45) is 5.73 Å². The van der Waals surface area contributed by atoms with E-state index >= 15 is 0 Å². The minimum atomic E-state index is -0.777. The summed E-state index contributed by atoms with van der Waals surface area (Å²) in [5.41, 5.74) is 6.92. The first kappa shape index (κ1) is 18.3. The summed E-state index contributed by atoms with van der Waals surface area (Å²) in [7, 11) is 0. The molecule has 0 fully saturated rings. The van der Waals surface area contributed by atoms with E-state index in [1.165, 1.54) is 0 Å². The van der Waals surface area contributed by atoms with Gasteiger partial charge in [-0.15, -0.1) is 0 Å². The summed E-state index contributed by atoms with van der Waals surface area (Å²) in [5.74, 6) is -1.21. The number of rotatable bonds is 3. The van der Waals surface area contributed by atoms with Gasteiger partial charge in [0.25, 0.3) is 0 Å². The zero-order valence-electron chi connectivity index (χ0n) is 14.9. The minimum absolute atomic E-state index is 0.0787. The number of fused-ring (bicyclic) bond motifs is 3. The lowest BCUT2D eigenvalue weighted by Crippen LogP contribution is -2.31. The van der Waals surface area contributed by atoms with Crippen LogP contribution in [0, 0.1) is 0 Å². The van der Waals surface area contributed by atoms with Crippen LogP contribution in [0.4, 0.5) is 0 Å². The summed E-state index contributed by atoms with van der Waals surface area (Å²) < 4.78 is 17.2. The number of carbonyl (C=O) groups is 1. The van der Waals surface area contributed by atoms with Gasteiger partial charge in [0.05, 0.1) is 23.5 Å². The SMILES string of the molecule is CCOC(=O)C1=C(N)Oc2c(c(=O)oc3ccccc23)[C@H]1c1cccc(Br)c1. The third kappa shape index (κ3) is 2.97. The molecule has 1 aromatic heterocycles. The minimum Gasteiger partial charge on any atom is -0.462 e. The zero-order valence-corrected chi connectivity index (χ0v) is 16.5. The van der Waals surface area contributed by atoms with Crippen molar-refractivity contribution in [3.63, 3.8) is 0 Å². The molecule has 3 aromatic rings. The Bertz CT molecular complexity index is 1180. The standard InChI is InChI=1S/C21H16BrNO5/c1-2-26-20(24)17-15(11-6-5-7-12(22)10-11)16-18(28-19(17)23)13-8-3-4-9-14(13)27-21(16)25/h3-10,15H,2,23H2,1H3/t15-/m1/s1. The van der Waals surface area contributed by atoms with E-state index in [-0.39, 0.29) is 23.6 Å². The Hall–Kier alpha value is -3.06. The predicted molar refractivity (Wildman–Crippen MR) is 107 cm³/mol. The average molecular weight is 442 g/mol. The number of halogens is 1. The van der Waals surface area contributed by atoms with E-state index in [4.69, 9.17) is 19.6 Å². The lowest BCUT2D eigenvalue weighted by atomic mass is 9.83. The Labute approximate surface area is 168 Å². The van der Waals surface area contributed by atoms with Crippen LogP contribution in [-0.2, 0) is 9.53 Å². The molecule has 7 heteroatoms. The van der Waals surface area contributed by atoms with Crippen molar-refractivity contribution < 1.29 is 18.7 Å². The van der Waals surface area contributed by atoms with Gasteiger partial charge in [-0.25, -0.2) is 9.59 Å². The highest BCUT2D eigenvalue weighted by atomic mass is 79.9. The van der Waals surface area contributed by atoms with Gasteiger partial charge in [0.2, 0.25) is 5.88 Å². The van der Waals surface area contributed by atoms with Gasteiger partial charge >= 0.3 is 11.6 Å². The first-order chi connectivity index (χ1) is 13.5. The molecule has 0 spiro atoms. The molecule has 2 N–H and O–H groups in total. The van der Waals surface area contributed by atoms with Crippen molar-refractivity contribution in [3.05, 3.63) is 86.0 Å². The third-order valence-corrected chi connectivity index (χ3v) is 5.02. The number of ether oxygens (including phenoxy) is 2. The maximum atomic E-state index is 12.9. The van der Waals surface area contributed by atoms with Crippen LogP contribution in [0.3, 0.4) is 0 Å². The fourth-order valence-corrected chi connectivity index (χ4v) is 3.81. The van der Waals surface area contributed by atoms with Crippen LogP contribution in [0.5, 0.6) is 5.75 Å². The molecule has 1 atom stereocenters. The zero-order chi connectivity index (χ0) is 19.8. The molecule has 28 heavy (non-hydrogen) atoms. The maximum absolute atomic E-state index is 12.9. The summed E-state index contributed by atoms with van der Waals surface area (Å²) >= 11 is 3.43. The highest BCUT2D eigenvalue weighted by Gasteiger charge is 2.39. The van der Waals surface area contributed by atoms with E-state index in [1.807, 2.05) is 24.3 Å². The Morgan fingerprint density at radius 1 is 1.21 bits per heavy atom. The molecule has 2 heterocycles. The monoisotopic (exact) mass is 441 g/mol. The van der Waals surface area contributed by atoms with Crippen molar-refractivity contribution >= 4 is 32.9 Å². The normalized spacial score (nSPS) is 15.9. The molecule has 0 saturated carbocycles. The van der Waals surface area contributed by atoms with Crippen LogP contribution < -0.4 is 16.1 Å². The number of hydrogen-bond donors (Lipinski definition) is 1. The van der Waals surface area contributed by atoms with Gasteiger partial charge in [-0.1, -0.05) is 40.2 Å². The Morgan fingerprint density at radius 2 is 2.00 bits per heavy atom. The van der Waals surface area contributed by atoms with Gasteiger partial charge in [-0.2, -0.15) is 0 Å². The van der Waals surface area contributed by atoms with Crippen LogP contribution >= 0.6 is 15.9 Å². The van der Waals surface area contributed by atoms with E-state index in [0.29, 0.717) is 22.3 Å². The summed E-state index contributed by atoms with van der Waals surface area (Å²) in [4.78, 5) is 25.6. The Balaban J connectivity index is 2.05. The number of hydrogen-bond acceptors (Lipinski definition) is 6. The summed E-state index contributed by atoms with van der Waals surface area (Å²) in [6, 6.07) is 14.3. The second-order valence-corrected chi connectivity index (χ2v) is 7.13. The smallest absolute Gasteiger partial charge is 0.344 e. The van der Waals surface area contributed by atoms with Gasteiger partial charge in [-0.3, -0.25) is 0 Å². The highest BCUT2D eigenvalue weighted by Crippen LogP contribution is 2.44. The molecule has 6 nitrogen and oxygen atoms in total. The number of para-hydroxylation sites is 1. The lowest BCUT2D eigenvalue weighted by molar-refractivity contribution is -0.139. The van der Waals surface area contributed by atoms with Gasteiger partial charge in [0.1, 0.15) is 11.2 Å². The third-order valence-electron chi connectivity index (χ3n) is 4.53. The Kier molecular flexibility index (Phi) is 4.68. The van der Waals surface area contributed by atoms with Gasteiger partial charge in [0.15, 0.2) is 5.75 Å². The van der Waals surface area contributed by atoms with E-state index < -0.39 is 17.5 Å². The number of benzene rings is 2. The first-order valence-electron chi connectivity index (χ1n) is 8.67. The molecule has 0 amide bonds. The van der Waals surface area contributed by atoms with Crippen molar-refractivity contribution in [3.8, 4) is 5.75 Å². The average Bonchev–Trinajstić information content (AvgIpc) is 2.67. The molecular weight excluding hydrogens is 426 g/mol. The summed E-state index contributed by atoms with van der Waals surface area (Å²) in [5, 5.41) is 0.600. The number of carbonyl (C=O) groups excluding carboxylic acids is 1. The molecule has 1 aliphatic heterocycles. The second kappa shape index (κ2) is 7.16. The van der Waals surface area contributed by atoms with Crippen LogP contribution in [0.25, 0.3) is 11.0 Å². The van der Waals surface area contributed by atoms with Crippen molar-refractivity contribution in [1.82, 2.24) is 0 Å². The van der Waals surface area contributed by atoms with Gasteiger partial charge in [0, 0.05) is 4.47 Å². The van der Waals surface area contributed by atoms with E-state index in [9.17, 15) is 9.59 Å². The van der Waals surface area contributed by atoms with Gasteiger partial charge < -0.3 is 19.6 Å². The molecule has 1 aliphatic rings. The summed E-state index contributed by atoms with van der Waals surface area (Å²) in [6.45, 7) is 1.86. The van der Waals surface area contributed by atoms with Crippen LogP contribution in [0.2, 0.25) is 0 Å². The maximum Gasteiger partial charge on any atom is 0.344 e. The quantitative estimate of drug-likeness (QED) is 0.490. The number of nitrogens with two attached hydrogens (primary N) is 1. The fraction of sp³-hybridized carbons (Fsp3) is 0.143. The molecule has 0 aliphatic carbocycles. The van der Waals surface area contributed by atoms with Crippen LogP contribution in [0.1, 0.15) is 24.0 Å². The van der Waals surface area contributed by atoms with Crippen molar-refractivity contribution in [2.45, 2.75) is 12.8 Å². The highest BCUT2D eigenvalue weighted by molar-refractivity contribution is 9.10. The largest absolute Gasteiger partial charge is 0.462 e. The van der Waals surface area contributed by atoms with Crippen molar-refractivity contribution in [2.75, 3.05) is 6.61 Å². The lowest BCUT2D eigenvalue weighted by Gasteiger charge is -2.28. The molecular formula is C21H16BrNO5. The van der Waals surface area contributed by atoms with Gasteiger partial charge in [-0.05, 0) is 36.8 Å². The van der Waals surface area contributed by atoms with Crippen LogP contribution in [0.15, 0.2) is 73.7 Å². The molecule has 0 radical (unpaired) electrons. The molecule has 4 rings (SSSR count). The predicted octanol–water partition coefficient (Wildman–Crippen LogP) is 3.81. The van der Waals surface area contributed by atoms with E-state index in [0.717, 1.165) is 4.47 Å². The second-order valence-electron chi connectivity index (χ2n) is 6.22. The summed E-state index contributed by atoms with van der Waals surface area (Å²) in [6.07, 6.45) is 0. The molecule has 2 aromatic carbocycles. The van der Waals surface area contributed by atoms with Crippen LogP contribution in [-0.4, -0.2) is 12.6 Å². The molecule has 0 unspecified atom stereocenters. The van der Waals surface area contributed by atoms with E-state index in [1.54, 1.807) is 31.2 Å². The first-order valence-corrected chi connectivity index (χ1v) is 9.46. The van der Waals surface area contributed by atoms with E-state index in [2.05, 4.69) is 15.9 Å². The topological polar surface area (TPSA) is 91.8 Å². The fourth-order valence-electron chi connectivity index (χ4n) is 3.39. The molecule has 0 saturated heterocycles. The number of esters is 1. The molecule has 142 valence electrons. The Morgan fingerprint density at radius 3 is 2.75 bits per heavy atom. The van der Waals surface area contributed by atoms with Crippen molar-refractivity contribution in [1.29, 1.82) is 0 Å². The molecule has 0 bridgehead atoms.